The predicted molar refractivity (Wildman–Crippen MR) is 90.5 cm³/mol. The van der Waals surface area contributed by atoms with Crippen LogP contribution in [0.3, 0.4) is 0 Å². The molecule has 0 radical (unpaired) electrons. The maximum Gasteiger partial charge on any atom is 0.231 e. The van der Waals surface area contributed by atoms with E-state index in [0.717, 1.165) is 49.7 Å². The molecule has 0 N–H and O–H groups in total. The summed E-state index contributed by atoms with van der Waals surface area (Å²) in [7, 11) is 0. The van der Waals surface area contributed by atoms with E-state index in [4.69, 9.17) is 14.2 Å². The number of likely N-dealkylation sites (tertiary alicyclic amines) is 1. The van der Waals surface area contributed by atoms with Crippen LogP contribution in [0, 0.1) is 6.92 Å². The highest BCUT2D eigenvalue weighted by Gasteiger charge is 2.22. The molecule has 5 nitrogen and oxygen atoms in total. The molecule has 0 atom stereocenters. The van der Waals surface area contributed by atoms with E-state index >= 15 is 0 Å². The van der Waals surface area contributed by atoms with Crippen molar-refractivity contribution in [3.05, 3.63) is 47.8 Å². The van der Waals surface area contributed by atoms with E-state index in [1.54, 1.807) is 12.4 Å². The van der Waals surface area contributed by atoms with Crippen LogP contribution in [-0.2, 0) is 6.54 Å². The second kappa shape index (κ2) is 6.69. The topological polar surface area (TPSA) is 43.8 Å². The van der Waals surface area contributed by atoms with E-state index in [1.807, 2.05) is 12.1 Å². The Morgan fingerprint density at radius 2 is 1.83 bits per heavy atom. The number of piperidine rings is 1. The van der Waals surface area contributed by atoms with Crippen molar-refractivity contribution in [1.82, 2.24) is 9.88 Å². The molecule has 0 saturated carbocycles. The van der Waals surface area contributed by atoms with Crippen LogP contribution in [0.5, 0.6) is 17.2 Å². The van der Waals surface area contributed by atoms with Crippen LogP contribution in [0.4, 0.5) is 0 Å². The third-order valence-corrected chi connectivity index (χ3v) is 4.71. The molecule has 0 bridgehead atoms. The van der Waals surface area contributed by atoms with E-state index in [-0.39, 0.29) is 0 Å². The van der Waals surface area contributed by atoms with Crippen molar-refractivity contribution in [2.45, 2.75) is 32.4 Å². The summed E-state index contributed by atoms with van der Waals surface area (Å²) in [5.41, 5.74) is 2.57. The number of benzene rings is 1. The molecule has 4 rings (SSSR count). The molecular formula is C19H22N2O3. The summed E-state index contributed by atoms with van der Waals surface area (Å²) in [6.45, 7) is 5.50. The summed E-state index contributed by atoms with van der Waals surface area (Å²) in [6.07, 6.45) is 5.93. The van der Waals surface area contributed by atoms with Crippen molar-refractivity contribution in [3.63, 3.8) is 0 Å². The van der Waals surface area contributed by atoms with E-state index in [0.29, 0.717) is 12.9 Å². The number of ether oxygens (including phenoxy) is 3. The first-order chi connectivity index (χ1) is 11.8. The first-order valence-electron chi connectivity index (χ1n) is 8.46. The van der Waals surface area contributed by atoms with Crippen LogP contribution in [0.25, 0.3) is 0 Å². The highest BCUT2D eigenvalue weighted by Crippen LogP contribution is 2.35. The average molecular weight is 326 g/mol. The van der Waals surface area contributed by atoms with Gasteiger partial charge in [0.2, 0.25) is 6.79 Å². The van der Waals surface area contributed by atoms with Crippen molar-refractivity contribution in [2.24, 2.45) is 0 Å². The van der Waals surface area contributed by atoms with Gasteiger partial charge in [0.05, 0.1) is 0 Å². The first-order valence-corrected chi connectivity index (χ1v) is 8.46. The highest BCUT2D eigenvalue weighted by atomic mass is 16.7. The second-order valence-electron chi connectivity index (χ2n) is 6.41. The van der Waals surface area contributed by atoms with Gasteiger partial charge in [0, 0.05) is 32.0 Å². The lowest BCUT2D eigenvalue weighted by molar-refractivity contribution is 0.0966. The molecule has 2 aliphatic rings. The fraction of sp³-hybridized carbons (Fsp3) is 0.421. The molecule has 3 heterocycles. The summed E-state index contributed by atoms with van der Waals surface area (Å²) in [4.78, 5) is 6.51. The van der Waals surface area contributed by atoms with Crippen LogP contribution in [-0.4, -0.2) is 35.9 Å². The van der Waals surface area contributed by atoms with Gasteiger partial charge in [0.25, 0.3) is 0 Å². The van der Waals surface area contributed by atoms with E-state index < -0.39 is 0 Å². The average Bonchev–Trinajstić information content (AvgIpc) is 3.05. The van der Waals surface area contributed by atoms with Crippen LogP contribution in [0.15, 0.2) is 36.7 Å². The Morgan fingerprint density at radius 3 is 2.58 bits per heavy atom. The summed E-state index contributed by atoms with van der Waals surface area (Å²) in [6, 6.07) is 8.04. The lowest BCUT2D eigenvalue weighted by Gasteiger charge is -2.32. The van der Waals surface area contributed by atoms with Crippen molar-refractivity contribution >= 4 is 0 Å². The van der Waals surface area contributed by atoms with Crippen LogP contribution in [0.1, 0.15) is 24.0 Å². The Labute approximate surface area is 142 Å². The number of hydrogen-bond acceptors (Lipinski definition) is 5. The number of hydrogen-bond donors (Lipinski definition) is 0. The third kappa shape index (κ3) is 3.31. The molecule has 126 valence electrons. The lowest BCUT2D eigenvalue weighted by Crippen LogP contribution is -2.37. The summed E-state index contributed by atoms with van der Waals surface area (Å²) in [5, 5.41) is 0. The molecule has 2 aromatic rings. The molecule has 1 fully saturated rings. The van der Waals surface area contributed by atoms with E-state index in [2.05, 4.69) is 28.9 Å². The Morgan fingerprint density at radius 1 is 1.12 bits per heavy atom. The van der Waals surface area contributed by atoms with Gasteiger partial charge >= 0.3 is 0 Å². The Bertz CT molecular complexity index is 697. The molecule has 24 heavy (non-hydrogen) atoms. The van der Waals surface area contributed by atoms with Gasteiger partial charge in [-0.05, 0) is 55.2 Å². The minimum Gasteiger partial charge on any atom is -0.490 e. The lowest BCUT2D eigenvalue weighted by atomic mass is 10.0. The van der Waals surface area contributed by atoms with Crippen LogP contribution >= 0.6 is 0 Å². The molecule has 0 aliphatic carbocycles. The van der Waals surface area contributed by atoms with Crippen molar-refractivity contribution in [2.75, 3.05) is 19.9 Å². The third-order valence-electron chi connectivity index (χ3n) is 4.71. The molecule has 2 aliphatic heterocycles. The molecule has 5 heteroatoms. The number of pyridine rings is 1. The smallest absolute Gasteiger partial charge is 0.231 e. The minimum absolute atomic E-state index is 0.293. The number of aryl methyl sites for hydroxylation is 1. The molecule has 1 saturated heterocycles. The quantitative estimate of drug-likeness (QED) is 0.863. The zero-order valence-electron chi connectivity index (χ0n) is 13.9. The molecular weight excluding hydrogens is 304 g/mol. The first kappa shape index (κ1) is 15.3. The monoisotopic (exact) mass is 326 g/mol. The standard InChI is InChI=1S/C19H22N2O3/c1-14-10-18-19(23-13-22-18)11-15(14)12-21-8-4-17(5-9-21)24-16-2-6-20-7-3-16/h2-3,6-7,10-11,17H,4-5,8-9,12-13H2,1H3. The molecule has 1 aromatic carbocycles. The summed E-state index contributed by atoms with van der Waals surface area (Å²) in [5.74, 6) is 2.64. The fourth-order valence-corrected chi connectivity index (χ4v) is 3.29. The van der Waals surface area contributed by atoms with Crippen molar-refractivity contribution in [1.29, 1.82) is 0 Å². The van der Waals surface area contributed by atoms with Gasteiger partial charge in [0.15, 0.2) is 11.5 Å². The number of aromatic nitrogens is 1. The SMILES string of the molecule is Cc1cc2c(cc1CN1CCC(Oc3ccncc3)CC1)OCO2. The maximum atomic E-state index is 6.03. The minimum atomic E-state index is 0.293. The number of nitrogens with zero attached hydrogens (tertiary/aromatic N) is 2. The van der Waals surface area contributed by atoms with Gasteiger partial charge in [-0.25, -0.2) is 0 Å². The number of rotatable bonds is 4. The van der Waals surface area contributed by atoms with Gasteiger partial charge in [-0.1, -0.05) is 0 Å². The van der Waals surface area contributed by atoms with Gasteiger partial charge in [-0.15, -0.1) is 0 Å². The highest BCUT2D eigenvalue weighted by molar-refractivity contribution is 5.48. The number of fused-ring (bicyclic) bond motifs is 1. The summed E-state index contributed by atoms with van der Waals surface area (Å²) < 4.78 is 17.0. The van der Waals surface area contributed by atoms with Crippen molar-refractivity contribution in [3.8, 4) is 17.2 Å². The fourth-order valence-electron chi connectivity index (χ4n) is 3.29. The molecule has 0 amide bonds. The molecule has 0 spiro atoms. The Hall–Kier alpha value is -2.27. The normalized spacial score (nSPS) is 17.9. The summed E-state index contributed by atoms with van der Waals surface area (Å²) >= 11 is 0. The molecule has 1 aromatic heterocycles. The Balaban J connectivity index is 1.33. The maximum absolute atomic E-state index is 6.03. The largest absolute Gasteiger partial charge is 0.490 e. The van der Waals surface area contributed by atoms with E-state index in [9.17, 15) is 0 Å². The van der Waals surface area contributed by atoms with Gasteiger partial charge in [-0.3, -0.25) is 9.88 Å². The zero-order chi connectivity index (χ0) is 16.4. The van der Waals surface area contributed by atoms with Crippen molar-refractivity contribution < 1.29 is 14.2 Å². The van der Waals surface area contributed by atoms with Crippen LogP contribution in [0.2, 0.25) is 0 Å². The predicted octanol–water partition coefficient (Wildman–Crippen LogP) is 3.16. The molecule has 0 unspecified atom stereocenters. The second-order valence-corrected chi connectivity index (χ2v) is 6.41. The van der Waals surface area contributed by atoms with Crippen LogP contribution < -0.4 is 14.2 Å². The zero-order valence-corrected chi connectivity index (χ0v) is 13.9. The Kier molecular flexibility index (Phi) is 4.26. The van der Waals surface area contributed by atoms with Gasteiger partial charge < -0.3 is 14.2 Å². The van der Waals surface area contributed by atoms with Gasteiger partial charge in [-0.2, -0.15) is 0 Å². The van der Waals surface area contributed by atoms with Gasteiger partial charge in [0.1, 0.15) is 11.9 Å². The van der Waals surface area contributed by atoms with E-state index in [1.165, 1.54) is 11.1 Å².